The molecule has 0 fully saturated rings. The second-order valence-electron chi connectivity index (χ2n) is 6.23. The summed E-state index contributed by atoms with van der Waals surface area (Å²) in [7, 11) is 0. The molecule has 0 aliphatic rings. The molecule has 1 unspecified atom stereocenters. The van der Waals surface area contributed by atoms with E-state index in [4.69, 9.17) is 4.74 Å². The predicted octanol–water partition coefficient (Wildman–Crippen LogP) is 3.08. The van der Waals surface area contributed by atoms with Crippen molar-refractivity contribution in [1.82, 2.24) is 5.32 Å². The Morgan fingerprint density at radius 1 is 1.12 bits per heavy atom. The normalized spacial score (nSPS) is 12.1. The van der Waals surface area contributed by atoms with Crippen molar-refractivity contribution in [3.05, 3.63) is 42.5 Å². The zero-order chi connectivity index (χ0) is 17.5. The van der Waals surface area contributed by atoms with E-state index in [0.717, 1.165) is 10.8 Å². The summed E-state index contributed by atoms with van der Waals surface area (Å²) in [5.74, 6) is -0.890. The van der Waals surface area contributed by atoms with Gasteiger partial charge >= 0.3 is 5.97 Å². The minimum atomic E-state index is -0.890. The fourth-order valence-corrected chi connectivity index (χ4v) is 2.59. The van der Waals surface area contributed by atoms with Gasteiger partial charge in [-0.15, -0.1) is 0 Å². The van der Waals surface area contributed by atoms with Gasteiger partial charge in [0.1, 0.15) is 5.75 Å². The van der Waals surface area contributed by atoms with Crippen LogP contribution < -0.4 is 10.1 Å². The Labute approximate surface area is 141 Å². The van der Waals surface area contributed by atoms with Crippen LogP contribution >= 0.6 is 0 Å². The van der Waals surface area contributed by atoms with E-state index in [0.29, 0.717) is 12.2 Å². The Morgan fingerprint density at radius 3 is 2.54 bits per heavy atom. The molecule has 0 bridgehead atoms. The Kier molecular flexibility index (Phi) is 6.18. The lowest BCUT2D eigenvalue weighted by Crippen LogP contribution is -2.36. The quantitative estimate of drug-likeness (QED) is 0.780. The number of hydrogen-bond donors (Lipinski definition) is 2. The largest absolute Gasteiger partial charge is 0.483 e. The molecule has 0 heterocycles. The molecule has 2 aromatic rings. The number of carboxylic acid groups (broad SMARTS) is 1. The van der Waals surface area contributed by atoms with Gasteiger partial charge in [-0.1, -0.05) is 50.2 Å². The maximum absolute atomic E-state index is 11.9. The van der Waals surface area contributed by atoms with Gasteiger partial charge in [-0.2, -0.15) is 0 Å². The fourth-order valence-electron chi connectivity index (χ4n) is 2.59. The third kappa shape index (κ3) is 4.98. The smallest absolute Gasteiger partial charge is 0.308 e. The monoisotopic (exact) mass is 329 g/mol. The van der Waals surface area contributed by atoms with Crippen molar-refractivity contribution in [3.63, 3.8) is 0 Å². The van der Waals surface area contributed by atoms with Gasteiger partial charge < -0.3 is 15.2 Å². The van der Waals surface area contributed by atoms with Gasteiger partial charge in [0.05, 0.1) is 5.92 Å². The van der Waals surface area contributed by atoms with Crippen LogP contribution in [-0.2, 0) is 9.59 Å². The molecule has 5 heteroatoms. The topological polar surface area (TPSA) is 75.6 Å². The summed E-state index contributed by atoms with van der Waals surface area (Å²) in [6.45, 7) is 3.90. The molecule has 0 saturated heterocycles. The van der Waals surface area contributed by atoms with Gasteiger partial charge in [-0.25, -0.2) is 0 Å². The van der Waals surface area contributed by atoms with Crippen LogP contribution in [0.3, 0.4) is 0 Å². The van der Waals surface area contributed by atoms with Crippen molar-refractivity contribution in [2.45, 2.75) is 20.3 Å². The summed E-state index contributed by atoms with van der Waals surface area (Å²) < 4.78 is 5.60. The molecule has 0 aliphatic heterocycles. The molecule has 2 aromatic carbocycles. The van der Waals surface area contributed by atoms with E-state index < -0.39 is 11.9 Å². The molecule has 0 aliphatic carbocycles. The molecule has 0 radical (unpaired) electrons. The van der Waals surface area contributed by atoms with Crippen LogP contribution in [0, 0.1) is 11.8 Å². The first kappa shape index (κ1) is 17.8. The highest BCUT2D eigenvalue weighted by atomic mass is 16.5. The minimum Gasteiger partial charge on any atom is -0.483 e. The summed E-state index contributed by atoms with van der Waals surface area (Å²) >= 11 is 0. The second-order valence-corrected chi connectivity index (χ2v) is 6.23. The lowest BCUT2D eigenvalue weighted by molar-refractivity contribution is -0.142. The van der Waals surface area contributed by atoms with E-state index in [2.05, 4.69) is 5.32 Å². The summed E-state index contributed by atoms with van der Waals surface area (Å²) in [6.07, 6.45) is 0.528. The molecule has 0 aromatic heterocycles. The number of aliphatic carboxylic acids is 1. The highest BCUT2D eigenvalue weighted by Gasteiger charge is 2.19. The SMILES string of the molecule is CC(C)CC(CNC(=O)COc1cccc2ccccc12)C(=O)O. The number of ether oxygens (including phenoxy) is 1. The van der Waals surface area contributed by atoms with Crippen LogP contribution in [0.4, 0.5) is 0 Å². The molecule has 2 N–H and O–H groups in total. The van der Waals surface area contributed by atoms with Gasteiger partial charge in [-0.05, 0) is 23.8 Å². The second kappa shape index (κ2) is 8.34. The van der Waals surface area contributed by atoms with Crippen molar-refractivity contribution in [2.75, 3.05) is 13.2 Å². The van der Waals surface area contributed by atoms with E-state index in [-0.39, 0.29) is 25.0 Å². The highest BCUT2D eigenvalue weighted by Crippen LogP contribution is 2.24. The zero-order valence-corrected chi connectivity index (χ0v) is 14.0. The molecule has 1 atom stereocenters. The van der Waals surface area contributed by atoms with Gasteiger partial charge in [0, 0.05) is 11.9 Å². The van der Waals surface area contributed by atoms with Crippen LogP contribution in [-0.4, -0.2) is 30.1 Å². The number of amides is 1. The standard InChI is InChI=1S/C19H23NO4/c1-13(2)10-15(19(22)23)11-20-18(21)12-24-17-9-5-7-14-6-3-4-8-16(14)17/h3-9,13,15H,10-12H2,1-2H3,(H,20,21)(H,22,23). The lowest BCUT2D eigenvalue weighted by atomic mass is 9.97. The number of nitrogens with one attached hydrogen (secondary N) is 1. The van der Waals surface area contributed by atoms with Crippen LogP contribution in [0.5, 0.6) is 5.75 Å². The summed E-state index contributed by atoms with van der Waals surface area (Å²) in [4.78, 5) is 23.1. The number of carbonyl (C=O) groups is 2. The fraction of sp³-hybridized carbons (Fsp3) is 0.368. The van der Waals surface area contributed by atoms with Crippen LogP contribution in [0.2, 0.25) is 0 Å². The average molecular weight is 329 g/mol. The Hall–Kier alpha value is -2.56. The summed E-state index contributed by atoms with van der Waals surface area (Å²) in [6, 6.07) is 13.4. The third-order valence-electron chi connectivity index (χ3n) is 3.76. The van der Waals surface area contributed by atoms with Gasteiger partial charge in [0.25, 0.3) is 5.91 Å². The Bertz CT molecular complexity index is 706. The first-order valence-corrected chi connectivity index (χ1v) is 8.07. The Balaban J connectivity index is 1.89. The minimum absolute atomic E-state index is 0.116. The maximum Gasteiger partial charge on any atom is 0.308 e. The van der Waals surface area contributed by atoms with E-state index >= 15 is 0 Å². The number of rotatable bonds is 8. The third-order valence-corrected chi connectivity index (χ3v) is 3.76. The van der Waals surface area contributed by atoms with E-state index in [9.17, 15) is 14.7 Å². The summed E-state index contributed by atoms with van der Waals surface area (Å²) in [5, 5.41) is 13.8. The van der Waals surface area contributed by atoms with Gasteiger partial charge in [0.2, 0.25) is 0 Å². The van der Waals surface area contributed by atoms with Crippen LogP contribution in [0.25, 0.3) is 10.8 Å². The van der Waals surface area contributed by atoms with E-state index in [1.807, 2.05) is 56.3 Å². The average Bonchev–Trinajstić information content (AvgIpc) is 2.56. The number of benzene rings is 2. The van der Waals surface area contributed by atoms with Crippen molar-refractivity contribution in [1.29, 1.82) is 0 Å². The summed E-state index contributed by atoms with van der Waals surface area (Å²) in [5.41, 5.74) is 0. The molecule has 0 spiro atoms. The van der Waals surface area contributed by atoms with E-state index in [1.165, 1.54) is 0 Å². The molecule has 2 rings (SSSR count). The molecule has 0 saturated carbocycles. The molecular weight excluding hydrogens is 306 g/mol. The van der Waals surface area contributed by atoms with Gasteiger partial charge in [0.15, 0.2) is 6.61 Å². The van der Waals surface area contributed by atoms with E-state index in [1.54, 1.807) is 0 Å². The Morgan fingerprint density at radius 2 is 1.83 bits per heavy atom. The van der Waals surface area contributed by atoms with Gasteiger partial charge in [-0.3, -0.25) is 9.59 Å². The lowest BCUT2D eigenvalue weighted by Gasteiger charge is -2.15. The zero-order valence-electron chi connectivity index (χ0n) is 14.0. The molecule has 128 valence electrons. The first-order chi connectivity index (χ1) is 11.5. The highest BCUT2D eigenvalue weighted by molar-refractivity contribution is 5.88. The molecular formula is C19H23NO4. The first-order valence-electron chi connectivity index (χ1n) is 8.07. The van der Waals surface area contributed by atoms with Crippen molar-refractivity contribution >= 4 is 22.6 Å². The number of carbonyl (C=O) groups excluding carboxylic acids is 1. The van der Waals surface area contributed by atoms with Crippen molar-refractivity contribution in [3.8, 4) is 5.75 Å². The molecule has 5 nitrogen and oxygen atoms in total. The number of hydrogen-bond acceptors (Lipinski definition) is 3. The molecule has 24 heavy (non-hydrogen) atoms. The molecule has 1 amide bonds. The maximum atomic E-state index is 11.9. The van der Waals surface area contributed by atoms with Crippen molar-refractivity contribution < 1.29 is 19.4 Å². The number of carboxylic acids is 1. The number of fused-ring (bicyclic) bond motifs is 1. The van der Waals surface area contributed by atoms with Crippen LogP contribution in [0.15, 0.2) is 42.5 Å². The van der Waals surface area contributed by atoms with Crippen LogP contribution in [0.1, 0.15) is 20.3 Å². The predicted molar refractivity (Wildman–Crippen MR) is 93.0 cm³/mol. The van der Waals surface area contributed by atoms with Crippen molar-refractivity contribution in [2.24, 2.45) is 11.8 Å².